The Morgan fingerprint density at radius 2 is 1.91 bits per heavy atom. The number of hydrogen-bond donors (Lipinski definition) is 0. The molecule has 2 aliphatic heterocycles. The lowest BCUT2D eigenvalue weighted by Crippen LogP contribution is -2.30. The van der Waals surface area contributed by atoms with Crippen molar-refractivity contribution in [3.63, 3.8) is 0 Å². The first-order valence-corrected chi connectivity index (χ1v) is 9.34. The van der Waals surface area contributed by atoms with Crippen molar-refractivity contribution in [3.8, 4) is 0 Å². The van der Waals surface area contributed by atoms with Crippen molar-refractivity contribution in [2.45, 2.75) is 64.3 Å². The predicted molar refractivity (Wildman–Crippen MR) is 93.4 cm³/mol. The number of likely N-dealkylation sites (tertiary alicyclic amines) is 1. The van der Waals surface area contributed by atoms with Gasteiger partial charge in [-0.25, -0.2) is 4.98 Å². The van der Waals surface area contributed by atoms with E-state index in [2.05, 4.69) is 28.9 Å². The lowest BCUT2D eigenvalue weighted by molar-refractivity contribution is 0.253. The van der Waals surface area contributed by atoms with Crippen LogP contribution in [0.1, 0.15) is 69.9 Å². The van der Waals surface area contributed by atoms with Crippen LogP contribution in [0.5, 0.6) is 0 Å². The maximum atomic E-state index is 4.80. The standard InChI is InChI=1S/C19H31N3/c1-2-3-13-21-16-9-11-18(21)17-10-8-12-20-19(17)22-14-6-4-5-7-15-22/h8,10,12,18H,2-7,9,11,13-16H2,1H3. The first-order valence-electron chi connectivity index (χ1n) is 9.34. The summed E-state index contributed by atoms with van der Waals surface area (Å²) < 4.78 is 0. The monoisotopic (exact) mass is 301 g/mol. The van der Waals surface area contributed by atoms with Crippen LogP contribution in [0.3, 0.4) is 0 Å². The average Bonchev–Trinajstić information content (AvgIpc) is 2.85. The average molecular weight is 301 g/mol. The van der Waals surface area contributed by atoms with E-state index in [9.17, 15) is 0 Å². The van der Waals surface area contributed by atoms with Gasteiger partial charge in [0.2, 0.25) is 0 Å². The zero-order valence-corrected chi connectivity index (χ0v) is 14.1. The van der Waals surface area contributed by atoms with Gasteiger partial charge in [-0.3, -0.25) is 4.90 Å². The van der Waals surface area contributed by atoms with Gasteiger partial charge in [0, 0.05) is 30.9 Å². The summed E-state index contributed by atoms with van der Waals surface area (Å²) in [6, 6.07) is 5.06. The molecular weight excluding hydrogens is 270 g/mol. The van der Waals surface area contributed by atoms with E-state index < -0.39 is 0 Å². The molecule has 1 aromatic rings. The van der Waals surface area contributed by atoms with E-state index in [1.54, 1.807) is 0 Å². The number of rotatable bonds is 5. The van der Waals surface area contributed by atoms with Gasteiger partial charge in [-0.05, 0) is 51.3 Å². The van der Waals surface area contributed by atoms with E-state index in [1.807, 2.05) is 6.20 Å². The zero-order valence-electron chi connectivity index (χ0n) is 14.1. The first-order chi connectivity index (χ1) is 10.9. The molecule has 1 atom stereocenters. The highest BCUT2D eigenvalue weighted by molar-refractivity contribution is 5.49. The molecule has 0 spiro atoms. The van der Waals surface area contributed by atoms with Crippen molar-refractivity contribution >= 4 is 5.82 Å². The number of pyridine rings is 1. The SMILES string of the molecule is CCCCN1CCCC1c1cccnc1N1CCCCCC1. The highest BCUT2D eigenvalue weighted by Crippen LogP contribution is 2.36. The molecule has 1 aromatic heterocycles. The van der Waals surface area contributed by atoms with Gasteiger partial charge in [0.25, 0.3) is 0 Å². The van der Waals surface area contributed by atoms with Gasteiger partial charge in [-0.15, -0.1) is 0 Å². The van der Waals surface area contributed by atoms with Crippen LogP contribution in [0.15, 0.2) is 18.3 Å². The minimum Gasteiger partial charge on any atom is -0.356 e. The van der Waals surface area contributed by atoms with Crippen LogP contribution in [0.2, 0.25) is 0 Å². The molecule has 122 valence electrons. The van der Waals surface area contributed by atoms with Gasteiger partial charge in [0.1, 0.15) is 5.82 Å². The normalized spacial score (nSPS) is 23.7. The fraction of sp³-hybridized carbons (Fsp3) is 0.737. The minimum absolute atomic E-state index is 0.596. The topological polar surface area (TPSA) is 19.4 Å². The van der Waals surface area contributed by atoms with Crippen LogP contribution in [-0.4, -0.2) is 36.1 Å². The molecule has 2 saturated heterocycles. The number of unbranched alkanes of at least 4 members (excludes halogenated alkanes) is 1. The zero-order chi connectivity index (χ0) is 15.2. The Kier molecular flexibility index (Phi) is 5.71. The molecule has 1 unspecified atom stereocenters. The van der Waals surface area contributed by atoms with Gasteiger partial charge in [0.05, 0.1) is 0 Å². The van der Waals surface area contributed by atoms with Crippen molar-refractivity contribution in [3.05, 3.63) is 23.9 Å². The fourth-order valence-electron chi connectivity index (χ4n) is 4.02. The largest absolute Gasteiger partial charge is 0.356 e. The third-order valence-electron chi connectivity index (χ3n) is 5.24. The maximum absolute atomic E-state index is 4.80. The van der Waals surface area contributed by atoms with E-state index in [1.165, 1.54) is 88.9 Å². The molecule has 3 heteroatoms. The van der Waals surface area contributed by atoms with Crippen LogP contribution in [0, 0.1) is 0 Å². The minimum atomic E-state index is 0.596. The van der Waals surface area contributed by atoms with Crippen molar-refractivity contribution in [2.24, 2.45) is 0 Å². The van der Waals surface area contributed by atoms with Gasteiger partial charge in [-0.2, -0.15) is 0 Å². The molecule has 2 aliphatic rings. The summed E-state index contributed by atoms with van der Waals surface area (Å²) in [5.41, 5.74) is 1.48. The van der Waals surface area contributed by atoms with Crippen LogP contribution in [0.25, 0.3) is 0 Å². The van der Waals surface area contributed by atoms with Gasteiger partial charge < -0.3 is 4.90 Å². The second kappa shape index (κ2) is 7.96. The Balaban J connectivity index is 1.80. The molecule has 3 rings (SSSR count). The van der Waals surface area contributed by atoms with Crippen molar-refractivity contribution in [2.75, 3.05) is 31.1 Å². The number of anilines is 1. The van der Waals surface area contributed by atoms with Crippen molar-refractivity contribution in [1.29, 1.82) is 0 Å². The second-order valence-electron chi connectivity index (χ2n) is 6.87. The first kappa shape index (κ1) is 15.8. The molecule has 2 fully saturated rings. The quantitative estimate of drug-likeness (QED) is 0.803. The van der Waals surface area contributed by atoms with E-state index in [-0.39, 0.29) is 0 Å². The number of aromatic nitrogens is 1. The lowest BCUT2D eigenvalue weighted by atomic mass is 10.0. The predicted octanol–water partition coefficient (Wildman–Crippen LogP) is 4.40. The Hall–Kier alpha value is -1.09. The van der Waals surface area contributed by atoms with Crippen LogP contribution < -0.4 is 4.90 Å². The van der Waals surface area contributed by atoms with Gasteiger partial charge in [0.15, 0.2) is 0 Å². The molecule has 3 nitrogen and oxygen atoms in total. The fourth-order valence-corrected chi connectivity index (χ4v) is 4.02. The van der Waals surface area contributed by atoms with E-state index in [4.69, 9.17) is 4.98 Å². The second-order valence-corrected chi connectivity index (χ2v) is 6.87. The Labute approximate surface area is 135 Å². The molecule has 0 saturated carbocycles. The third kappa shape index (κ3) is 3.62. The highest BCUT2D eigenvalue weighted by atomic mass is 15.2. The Bertz CT molecular complexity index is 452. The molecule has 0 aromatic carbocycles. The van der Waals surface area contributed by atoms with Crippen LogP contribution >= 0.6 is 0 Å². The van der Waals surface area contributed by atoms with E-state index in [0.29, 0.717) is 6.04 Å². The summed E-state index contributed by atoms with van der Waals surface area (Å²) in [6.07, 6.45) is 12.6. The number of nitrogens with zero attached hydrogens (tertiary/aromatic N) is 3. The highest BCUT2D eigenvalue weighted by Gasteiger charge is 2.29. The summed E-state index contributed by atoms with van der Waals surface area (Å²) in [7, 11) is 0. The van der Waals surface area contributed by atoms with Gasteiger partial charge >= 0.3 is 0 Å². The summed E-state index contributed by atoms with van der Waals surface area (Å²) in [5, 5.41) is 0. The summed E-state index contributed by atoms with van der Waals surface area (Å²) in [4.78, 5) is 10.1. The Morgan fingerprint density at radius 1 is 1.09 bits per heavy atom. The molecule has 0 N–H and O–H groups in total. The Morgan fingerprint density at radius 3 is 2.68 bits per heavy atom. The van der Waals surface area contributed by atoms with Crippen LogP contribution in [-0.2, 0) is 0 Å². The number of hydrogen-bond acceptors (Lipinski definition) is 3. The lowest BCUT2D eigenvalue weighted by Gasteiger charge is -2.30. The summed E-state index contributed by atoms with van der Waals surface area (Å²) >= 11 is 0. The molecule has 0 bridgehead atoms. The van der Waals surface area contributed by atoms with Crippen molar-refractivity contribution in [1.82, 2.24) is 9.88 Å². The smallest absolute Gasteiger partial charge is 0.133 e. The maximum Gasteiger partial charge on any atom is 0.133 e. The molecule has 0 radical (unpaired) electrons. The summed E-state index contributed by atoms with van der Waals surface area (Å²) in [5.74, 6) is 1.28. The molecule has 0 amide bonds. The molecule has 3 heterocycles. The molecule has 22 heavy (non-hydrogen) atoms. The van der Waals surface area contributed by atoms with Gasteiger partial charge in [-0.1, -0.05) is 32.3 Å². The van der Waals surface area contributed by atoms with Crippen LogP contribution in [0.4, 0.5) is 5.82 Å². The summed E-state index contributed by atoms with van der Waals surface area (Å²) in [6.45, 7) is 7.17. The third-order valence-corrected chi connectivity index (χ3v) is 5.24. The van der Waals surface area contributed by atoms with E-state index >= 15 is 0 Å². The van der Waals surface area contributed by atoms with Crippen molar-refractivity contribution < 1.29 is 0 Å². The molecular formula is C19H31N3. The van der Waals surface area contributed by atoms with E-state index in [0.717, 1.165) is 0 Å². The molecule has 0 aliphatic carbocycles.